The van der Waals surface area contributed by atoms with E-state index in [0.717, 1.165) is 6.26 Å². The maximum Gasteiger partial charge on any atom is 0.256 e. The topological polar surface area (TPSA) is 105 Å². The Balaban J connectivity index is 1.62. The third-order valence-corrected chi connectivity index (χ3v) is 6.43. The minimum absolute atomic E-state index is 0.0933. The largest absolute Gasteiger partial charge is 0.497 e. The third kappa shape index (κ3) is 6.69. The van der Waals surface area contributed by atoms with Crippen LogP contribution in [-0.4, -0.2) is 71.3 Å². The molecular weight excluding hydrogens is 446 g/mol. The van der Waals surface area contributed by atoms with Crippen molar-refractivity contribution >= 4 is 33.2 Å². The van der Waals surface area contributed by atoms with Crippen LogP contribution in [0, 0.1) is 0 Å². The van der Waals surface area contributed by atoms with Crippen LogP contribution in [0.25, 0.3) is 0 Å². The molecule has 0 unspecified atom stereocenters. The van der Waals surface area contributed by atoms with Crippen LogP contribution in [0.3, 0.4) is 0 Å². The highest BCUT2D eigenvalue weighted by atomic mass is 32.2. The van der Waals surface area contributed by atoms with Crippen molar-refractivity contribution in [1.29, 1.82) is 0 Å². The Morgan fingerprint density at radius 1 is 1.12 bits per heavy atom. The first-order valence-electron chi connectivity index (χ1n) is 10.7. The number of nitrogens with one attached hydrogen (secondary N) is 1. The summed E-state index contributed by atoms with van der Waals surface area (Å²) in [5, 5.41) is 2.80. The zero-order chi connectivity index (χ0) is 23.8. The molecule has 1 N–H and O–H groups in total. The van der Waals surface area contributed by atoms with Crippen molar-refractivity contribution in [2.45, 2.75) is 12.8 Å². The van der Waals surface area contributed by atoms with Crippen molar-refractivity contribution in [1.82, 2.24) is 4.90 Å². The van der Waals surface area contributed by atoms with Gasteiger partial charge >= 0.3 is 0 Å². The average Bonchev–Trinajstić information content (AvgIpc) is 2.81. The van der Waals surface area contributed by atoms with Gasteiger partial charge in [0.25, 0.3) is 5.91 Å². The van der Waals surface area contributed by atoms with Gasteiger partial charge in [0.05, 0.1) is 43.5 Å². The van der Waals surface area contributed by atoms with Crippen molar-refractivity contribution in [3.8, 4) is 5.75 Å². The fraction of sp³-hybridized carbons (Fsp3) is 0.391. The molecule has 0 spiro atoms. The van der Waals surface area contributed by atoms with Crippen LogP contribution in [0.15, 0.2) is 48.5 Å². The Labute approximate surface area is 194 Å². The number of carbonyl (C=O) groups is 2. The summed E-state index contributed by atoms with van der Waals surface area (Å²) in [4.78, 5) is 27.1. The highest BCUT2D eigenvalue weighted by Gasteiger charge is 2.22. The normalized spacial score (nSPS) is 13.9. The molecule has 0 atom stereocenters. The molecule has 3 rings (SSSR count). The molecule has 2 aromatic rings. The molecule has 178 valence electrons. The number of hydrogen-bond acceptors (Lipinski definition) is 6. The number of anilines is 2. The SMILES string of the molecule is COc1cccc(N(CCCC(=O)Nc2ccccc2C(=O)N2CCOCC2)S(C)(=O)=O)c1. The Morgan fingerprint density at radius 3 is 2.55 bits per heavy atom. The van der Waals surface area contributed by atoms with Gasteiger partial charge in [-0.15, -0.1) is 0 Å². The van der Waals surface area contributed by atoms with Gasteiger partial charge in [-0.05, 0) is 30.7 Å². The summed E-state index contributed by atoms with van der Waals surface area (Å²) in [6.45, 7) is 2.13. The molecule has 1 aliphatic rings. The number of morpholine rings is 1. The predicted molar refractivity (Wildman–Crippen MR) is 126 cm³/mol. The number of nitrogens with zero attached hydrogens (tertiary/aromatic N) is 2. The van der Waals surface area contributed by atoms with E-state index in [1.807, 2.05) is 0 Å². The van der Waals surface area contributed by atoms with E-state index in [4.69, 9.17) is 9.47 Å². The number of ether oxygens (including phenoxy) is 2. The number of hydrogen-bond donors (Lipinski definition) is 1. The summed E-state index contributed by atoms with van der Waals surface area (Å²) in [6, 6.07) is 13.6. The first kappa shape index (κ1) is 24.5. The Morgan fingerprint density at radius 2 is 1.85 bits per heavy atom. The molecule has 0 aliphatic carbocycles. The van der Waals surface area contributed by atoms with E-state index in [2.05, 4.69) is 5.32 Å². The summed E-state index contributed by atoms with van der Waals surface area (Å²) in [5.41, 5.74) is 1.33. The molecule has 1 heterocycles. The molecule has 1 aliphatic heterocycles. The zero-order valence-electron chi connectivity index (χ0n) is 18.8. The Bertz CT molecular complexity index is 1080. The number of benzene rings is 2. The minimum atomic E-state index is -3.54. The number of methoxy groups -OCH3 is 1. The molecule has 10 heteroatoms. The van der Waals surface area contributed by atoms with Crippen molar-refractivity contribution in [2.24, 2.45) is 0 Å². The lowest BCUT2D eigenvalue weighted by Gasteiger charge is -2.27. The Kier molecular flexibility index (Phi) is 8.29. The van der Waals surface area contributed by atoms with Crippen molar-refractivity contribution in [3.63, 3.8) is 0 Å². The molecule has 1 saturated heterocycles. The molecular formula is C23H29N3O6S. The highest BCUT2D eigenvalue weighted by Crippen LogP contribution is 2.24. The molecule has 1 fully saturated rings. The quantitative estimate of drug-likeness (QED) is 0.597. The minimum Gasteiger partial charge on any atom is -0.497 e. The summed E-state index contributed by atoms with van der Waals surface area (Å²) < 4.78 is 36.3. The number of amides is 2. The summed E-state index contributed by atoms with van der Waals surface area (Å²) >= 11 is 0. The summed E-state index contributed by atoms with van der Waals surface area (Å²) in [6.07, 6.45) is 1.52. The average molecular weight is 476 g/mol. The summed E-state index contributed by atoms with van der Waals surface area (Å²) in [7, 11) is -2.03. The van der Waals surface area contributed by atoms with E-state index in [0.29, 0.717) is 55.4 Å². The van der Waals surface area contributed by atoms with Gasteiger partial charge in [0.1, 0.15) is 5.75 Å². The second kappa shape index (κ2) is 11.2. The van der Waals surface area contributed by atoms with Gasteiger partial charge < -0.3 is 19.7 Å². The van der Waals surface area contributed by atoms with E-state index < -0.39 is 10.0 Å². The van der Waals surface area contributed by atoms with Crippen LogP contribution in [0.2, 0.25) is 0 Å². The zero-order valence-corrected chi connectivity index (χ0v) is 19.6. The third-order valence-electron chi connectivity index (χ3n) is 5.24. The van der Waals surface area contributed by atoms with E-state index in [1.54, 1.807) is 53.4 Å². The molecule has 2 aromatic carbocycles. The molecule has 0 saturated carbocycles. The fourth-order valence-corrected chi connectivity index (χ4v) is 4.52. The molecule has 0 bridgehead atoms. The smallest absolute Gasteiger partial charge is 0.256 e. The molecule has 0 radical (unpaired) electrons. The maximum absolute atomic E-state index is 12.9. The van der Waals surface area contributed by atoms with E-state index >= 15 is 0 Å². The fourth-order valence-electron chi connectivity index (χ4n) is 3.56. The lowest BCUT2D eigenvalue weighted by molar-refractivity contribution is -0.116. The van der Waals surface area contributed by atoms with Gasteiger partial charge in [0, 0.05) is 32.1 Å². The molecule has 33 heavy (non-hydrogen) atoms. The van der Waals surface area contributed by atoms with Crippen LogP contribution in [-0.2, 0) is 19.6 Å². The lowest BCUT2D eigenvalue weighted by atomic mass is 10.1. The van der Waals surface area contributed by atoms with Crippen molar-refractivity contribution < 1.29 is 27.5 Å². The second-order valence-corrected chi connectivity index (χ2v) is 9.55. The van der Waals surface area contributed by atoms with Crippen LogP contribution >= 0.6 is 0 Å². The number of sulfonamides is 1. The number of para-hydroxylation sites is 1. The van der Waals surface area contributed by atoms with Gasteiger partial charge in [-0.3, -0.25) is 13.9 Å². The monoisotopic (exact) mass is 475 g/mol. The van der Waals surface area contributed by atoms with Crippen LogP contribution in [0.4, 0.5) is 11.4 Å². The highest BCUT2D eigenvalue weighted by molar-refractivity contribution is 7.92. The van der Waals surface area contributed by atoms with Gasteiger partial charge in [0.2, 0.25) is 15.9 Å². The van der Waals surface area contributed by atoms with Crippen LogP contribution in [0.5, 0.6) is 5.75 Å². The van der Waals surface area contributed by atoms with Crippen LogP contribution in [0.1, 0.15) is 23.2 Å². The van der Waals surface area contributed by atoms with E-state index in [1.165, 1.54) is 11.4 Å². The number of rotatable bonds is 9. The Hall–Kier alpha value is -3.11. The standard InChI is InChI=1S/C23H29N3O6S/c1-31-19-8-5-7-18(17-19)26(33(2,29)30)12-6-11-22(27)24-21-10-4-3-9-20(21)23(28)25-13-15-32-16-14-25/h3-5,7-10,17H,6,11-16H2,1-2H3,(H,24,27). The van der Waals surface area contributed by atoms with E-state index in [-0.39, 0.29) is 24.8 Å². The number of carbonyl (C=O) groups excluding carboxylic acids is 2. The lowest BCUT2D eigenvalue weighted by Crippen LogP contribution is -2.41. The van der Waals surface area contributed by atoms with Gasteiger partial charge in [0.15, 0.2) is 0 Å². The molecule has 0 aromatic heterocycles. The van der Waals surface area contributed by atoms with Crippen molar-refractivity contribution in [3.05, 3.63) is 54.1 Å². The predicted octanol–water partition coefficient (Wildman–Crippen LogP) is 2.35. The van der Waals surface area contributed by atoms with Gasteiger partial charge in [-0.25, -0.2) is 8.42 Å². The van der Waals surface area contributed by atoms with Crippen LogP contribution < -0.4 is 14.4 Å². The molecule has 2 amide bonds. The molecule has 9 nitrogen and oxygen atoms in total. The van der Waals surface area contributed by atoms with Crippen molar-refractivity contribution in [2.75, 3.05) is 55.8 Å². The second-order valence-electron chi connectivity index (χ2n) is 7.64. The van der Waals surface area contributed by atoms with Gasteiger partial charge in [-0.2, -0.15) is 0 Å². The maximum atomic E-state index is 12.9. The first-order chi connectivity index (χ1) is 15.8. The van der Waals surface area contributed by atoms with Gasteiger partial charge in [-0.1, -0.05) is 18.2 Å². The first-order valence-corrected chi connectivity index (χ1v) is 12.5. The summed E-state index contributed by atoms with van der Waals surface area (Å²) in [5.74, 6) is 0.0900. The van der Waals surface area contributed by atoms with E-state index in [9.17, 15) is 18.0 Å².